The van der Waals surface area contributed by atoms with Crippen LogP contribution in [0.15, 0.2) is 82.8 Å². The van der Waals surface area contributed by atoms with Gasteiger partial charge in [-0.3, -0.25) is 72.2 Å². The van der Waals surface area contributed by atoms with Gasteiger partial charge in [-0.25, -0.2) is 14.8 Å². The summed E-state index contributed by atoms with van der Waals surface area (Å²) in [6, 6.07) is 7.51. The van der Waals surface area contributed by atoms with Crippen LogP contribution in [0.3, 0.4) is 0 Å². The van der Waals surface area contributed by atoms with Crippen molar-refractivity contribution in [1.29, 1.82) is 0 Å². The third-order valence-electron chi connectivity index (χ3n) is 18.2. The van der Waals surface area contributed by atoms with Gasteiger partial charge in [-0.2, -0.15) is 0 Å². The first-order chi connectivity index (χ1) is 51.1. The van der Waals surface area contributed by atoms with E-state index in [1.807, 2.05) is 0 Å². The molecule has 0 bridgehead atoms. The molecule has 108 heavy (non-hydrogen) atoms. The Hall–Kier alpha value is -11.0. The van der Waals surface area contributed by atoms with E-state index in [9.17, 15) is 83.4 Å². The normalized spacial score (nSPS) is 16.0. The maximum absolute atomic E-state index is 15.5. The fourth-order valence-corrected chi connectivity index (χ4v) is 12.6. The van der Waals surface area contributed by atoms with Crippen LogP contribution in [-0.2, 0) is 81.6 Å². The zero-order valence-electron chi connectivity index (χ0n) is 61.2. The Morgan fingerprint density at radius 3 is 1.31 bits per heavy atom. The van der Waals surface area contributed by atoms with Gasteiger partial charge < -0.3 is 101 Å². The van der Waals surface area contributed by atoms with Crippen molar-refractivity contribution >= 4 is 100 Å². The number of aromatic hydroxyl groups is 1. The Morgan fingerprint density at radius 1 is 0.491 bits per heavy atom. The average molecular weight is 1510 g/mol. The molecule has 0 aromatic heterocycles. The zero-order valence-corrected chi connectivity index (χ0v) is 61.2. The molecule has 2 saturated heterocycles. The number of guanidine groups is 2. The molecule has 2 heterocycles. The number of nitrogens with two attached hydrogens (primary N) is 5. The Balaban J connectivity index is 1.47. The van der Waals surface area contributed by atoms with Gasteiger partial charge in [0.05, 0.1) is 44.1 Å². The van der Waals surface area contributed by atoms with Crippen LogP contribution in [-0.4, -0.2) is 271 Å². The average Bonchev–Trinajstić information content (AvgIpc) is 1.58. The van der Waals surface area contributed by atoms with Gasteiger partial charge in [0.1, 0.15) is 54.1 Å². The number of aliphatic carboxylic acids is 5. The number of phenols is 1. The summed E-state index contributed by atoms with van der Waals surface area (Å²) in [4.78, 5) is 192. The third kappa shape index (κ3) is 29.7. The summed E-state index contributed by atoms with van der Waals surface area (Å²) in [5, 5.41) is 74.8. The molecule has 37 nitrogen and oxygen atoms in total. The molecule has 0 saturated carbocycles. The standard InChI is InChI=1S/C71H104N18O19/c1-5-42(4)61(66(104)83-53(69(107)108)32-41(2)3)84-63(101)51(34-45-17-23-48(90)24-18-45)81-65(103)55-12-9-27-89(55)68(106)52(35-44-15-21-47(22-16-44)78-71(75)76)82-62(100)50(33-43-13-19-46(20-14-43)77-70(73)74)80-64(102)54-11-8-26-88(54)67(105)49(10-6-7-25-72)79-56(91)36-86(38-58(94)95)30-28-85(37-57(92)93)29-31-87(39-59(96)97)40-60(98)99/h13-24,41-42,49-55,61,90H,5-12,25-40,72H2,1-4H3,(H,79,91)(H,80,102)(H,81,103)(H,82,100)(H,83,104)(H,84,101)(H,92,93)(H,94,95)(H,96,97)(H,98,99)(H,107,108)(H4,73,74,77)(H4,75,76,78)/t42-,49+,50-,51-,52-,53-,54?,55-,61-/m0/s1. The van der Waals surface area contributed by atoms with Gasteiger partial charge in [0.2, 0.25) is 47.3 Å². The van der Waals surface area contributed by atoms with E-state index in [0.717, 1.165) is 4.90 Å². The van der Waals surface area contributed by atoms with Crippen molar-refractivity contribution in [3.63, 3.8) is 0 Å². The van der Waals surface area contributed by atoms with Crippen LogP contribution in [0, 0.1) is 11.8 Å². The number of aliphatic imine (C=N–C) groups is 2. The summed E-state index contributed by atoms with van der Waals surface area (Å²) >= 11 is 0. The number of carboxylic acid groups (broad SMARTS) is 5. The fourth-order valence-electron chi connectivity index (χ4n) is 12.6. The zero-order chi connectivity index (χ0) is 79.9. The van der Waals surface area contributed by atoms with Gasteiger partial charge in [-0.1, -0.05) is 70.5 Å². The van der Waals surface area contributed by atoms with Crippen LogP contribution in [0.25, 0.3) is 0 Å². The highest BCUT2D eigenvalue weighted by molar-refractivity contribution is 5.99. The summed E-state index contributed by atoms with van der Waals surface area (Å²) in [5.41, 5.74) is 30.5. The minimum atomic E-state index is -1.54. The molecule has 3 aromatic rings. The summed E-state index contributed by atoms with van der Waals surface area (Å²) in [6.07, 6.45) is 1.16. The first-order valence-electron chi connectivity index (χ1n) is 35.7. The molecule has 2 fully saturated rings. The summed E-state index contributed by atoms with van der Waals surface area (Å²) in [6.45, 7) is 3.11. The maximum Gasteiger partial charge on any atom is 0.326 e. The number of amides is 8. The van der Waals surface area contributed by atoms with Crippen molar-refractivity contribution in [3.8, 4) is 5.75 Å². The number of phenolic OH excluding ortho intramolecular Hbond substituents is 1. The molecule has 0 spiro atoms. The molecule has 22 N–H and O–H groups in total. The highest BCUT2D eigenvalue weighted by Gasteiger charge is 2.43. The van der Waals surface area contributed by atoms with E-state index in [0.29, 0.717) is 47.3 Å². The van der Waals surface area contributed by atoms with E-state index in [-0.39, 0.29) is 127 Å². The lowest BCUT2D eigenvalue weighted by molar-refractivity contribution is -0.144. The third-order valence-corrected chi connectivity index (χ3v) is 18.2. The Labute approximate surface area is 624 Å². The lowest BCUT2D eigenvalue weighted by Gasteiger charge is -2.32. The fraction of sp³-hybridized carbons (Fsp3) is 0.535. The second-order valence-electron chi connectivity index (χ2n) is 27.3. The molecule has 37 heteroatoms. The SMILES string of the molecule is CC[C@H](C)[C@H](NC(=O)[C@H](Cc1ccc(O)cc1)NC(=O)[C@@H]1CCCN1C(=O)[C@H](Cc1ccc(N=C(N)N)cc1)NC(=O)[C@H](Cc1ccc(N=C(N)N)cc1)NC(=O)C1CCCN1C(=O)[C@@H](CCCCN)NC(=O)CN(CCN(CCN(CC(=O)O)CC(=O)O)CC(=O)O)CC(=O)O)C(=O)N[C@@H](CC(C)C)C(=O)O. The van der Waals surface area contributed by atoms with Gasteiger partial charge in [-0.05, 0) is 123 Å². The molecule has 592 valence electrons. The van der Waals surface area contributed by atoms with E-state index < -0.39 is 164 Å². The second-order valence-corrected chi connectivity index (χ2v) is 27.3. The number of rotatable bonds is 46. The predicted octanol–water partition coefficient (Wildman–Crippen LogP) is -2.33. The molecular weight excluding hydrogens is 1410 g/mol. The van der Waals surface area contributed by atoms with E-state index in [4.69, 9.17) is 28.7 Å². The number of carbonyl (C=O) groups excluding carboxylic acids is 8. The molecule has 8 amide bonds. The van der Waals surface area contributed by atoms with E-state index in [2.05, 4.69) is 41.9 Å². The van der Waals surface area contributed by atoms with Crippen molar-refractivity contribution in [1.82, 2.24) is 56.4 Å². The molecule has 9 atom stereocenters. The number of hydrogen-bond acceptors (Lipinski definition) is 20. The van der Waals surface area contributed by atoms with Crippen LogP contribution in [0.1, 0.15) is 102 Å². The summed E-state index contributed by atoms with van der Waals surface area (Å²) < 4.78 is 0. The largest absolute Gasteiger partial charge is 0.508 e. The van der Waals surface area contributed by atoms with Crippen LogP contribution < -0.4 is 60.6 Å². The lowest BCUT2D eigenvalue weighted by atomic mass is 9.96. The number of carbonyl (C=O) groups is 13. The molecular formula is C71H104N18O19. The highest BCUT2D eigenvalue weighted by Crippen LogP contribution is 2.25. The van der Waals surface area contributed by atoms with Gasteiger partial charge in [0.15, 0.2) is 11.9 Å². The Bertz CT molecular complexity index is 3640. The Morgan fingerprint density at radius 2 is 0.889 bits per heavy atom. The highest BCUT2D eigenvalue weighted by atomic mass is 16.4. The molecule has 2 aliphatic heterocycles. The number of likely N-dealkylation sites (tertiary alicyclic amines) is 2. The van der Waals surface area contributed by atoms with Gasteiger partial charge in [0, 0.05) is 58.5 Å². The second kappa shape index (κ2) is 43.5. The van der Waals surface area contributed by atoms with Gasteiger partial charge in [0.25, 0.3) is 0 Å². The molecule has 2 aliphatic rings. The quantitative estimate of drug-likeness (QED) is 0.0160. The number of benzene rings is 3. The van der Waals surface area contributed by atoms with Crippen molar-refractivity contribution in [3.05, 3.63) is 89.5 Å². The van der Waals surface area contributed by atoms with Crippen molar-refractivity contribution in [2.45, 2.75) is 153 Å². The van der Waals surface area contributed by atoms with Crippen molar-refractivity contribution in [2.24, 2.45) is 50.5 Å². The number of hydrogen-bond donors (Lipinski definition) is 17. The van der Waals surface area contributed by atoms with Crippen LogP contribution >= 0.6 is 0 Å². The van der Waals surface area contributed by atoms with Gasteiger partial charge in [-0.15, -0.1) is 0 Å². The molecule has 0 aliphatic carbocycles. The number of unbranched alkanes of at least 4 members (excludes halogenated alkanes) is 1. The first-order valence-corrected chi connectivity index (χ1v) is 35.7. The molecule has 5 rings (SSSR count). The van der Waals surface area contributed by atoms with E-state index >= 15 is 9.59 Å². The topological polar surface area (TPSA) is 586 Å². The van der Waals surface area contributed by atoms with Gasteiger partial charge >= 0.3 is 29.8 Å². The molecule has 0 radical (unpaired) electrons. The minimum absolute atomic E-state index is 0.000747. The minimum Gasteiger partial charge on any atom is -0.508 e. The molecule has 1 unspecified atom stereocenters. The lowest BCUT2D eigenvalue weighted by Crippen LogP contribution is -2.61. The van der Waals surface area contributed by atoms with Crippen LogP contribution in [0.4, 0.5) is 11.4 Å². The van der Waals surface area contributed by atoms with Crippen LogP contribution in [0.5, 0.6) is 5.75 Å². The Kier molecular flexibility index (Phi) is 35.3. The first kappa shape index (κ1) is 87.6. The maximum atomic E-state index is 15.5. The molecule has 3 aromatic carbocycles. The van der Waals surface area contributed by atoms with E-state index in [1.54, 1.807) is 76.2 Å². The van der Waals surface area contributed by atoms with Crippen molar-refractivity contribution in [2.75, 3.05) is 78.5 Å². The van der Waals surface area contributed by atoms with E-state index in [1.165, 1.54) is 43.9 Å². The smallest absolute Gasteiger partial charge is 0.326 e. The van der Waals surface area contributed by atoms with Crippen LogP contribution in [0.2, 0.25) is 0 Å². The summed E-state index contributed by atoms with van der Waals surface area (Å²) in [5.74, 6) is -14.3. The monoisotopic (exact) mass is 1510 g/mol. The predicted molar refractivity (Wildman–Crippen MR) is 393 cm³/mol. The van der Waals surface area contributed by atoms with Crippen molar-refractivity contribution < 1.29 is 93.0 Å². The summed E-state index contributed by atoms with van der Waals surface area (Å²) in [7, 11) is 0. The number of nitrogens with zero attached hydrogens (tertiary/aromatic N) is 7. The number of carboxylic acids is 5. The number of nitrogens with one attached hydrogen (secondary N) is 6.